The molecule has 2 nitrogen and oxygen atoms in total. The summed E-state index contributed by atoms with van der Waals surface area (Å²) in [6, 6.07) is 7.56. The molecular weight excluding hydrogens is 275 g/mol. The molecule has 2 rings (SSSR count). The van der Waals surface area contributed by atoms with E-state index in [4.69, 9.17) is 5.73 Å². The second-order valence-corrected chi connectivity index (χ2v) is 4.84. The Hall–Kier alpha value is -1.53. The van der Waals surface area contributed by atoms with Gasteiger partial charge in [-0.15, -0.1) is 13.2 Å². The number of benzene rings is 1. The summed E-state index contributed by atoms with van der Waals surface area (Å²) in [4.78, 5) is 0. The molecule has 0 saturated heterocycles. The first kappa shape index (κ1) is 13.9. The highest BCUT2D eigenvalue weighted by atomic mass is 32.1. The lowest BCUT2D eigenvalue weighted by molar-refractivity contribution is -0.274. The average Bonchev–Trinajstić information content (AvgIpc) is 2.83. The maximum atomic E-state index is 12.0. The van der Waals surface area contributed by atoms with Crippen molar-refractivity contribution in [2.75, 3.05) is 0 Å². The lowest BCUT2D eigenvalue weighted by Gasteiger charge is -2.12. The highest BCUT2D eigenvalue weighted by molar-refractivity contribution is 7.07. The zero-order chi connectivity index (χ0) is 13.9. The summed E-state index contributed by atoms with van der Waals surface area (Å²) in [7, 11) is 0. The topological polar surface area (TPSA) is 35.2 Å². The van der Waals surface area contributed by atoms with Gasteiger partial charge in [-0.3, -0.25) is 0 Å². The minimum atomic E-state index is -4.66. The van der Waals surface area contributed by atoms with Crippen LogP contribution in [-0.4, -0.2) is 6.36 Å². The van der Waals surface area contributed by atoms with Crippen molar-refractivity contribution in [3.8, 4) is 5.75 Å². The number of nitrogens with two attached hydrogens (primary N) is 1. The molecule has 0 amide bonds. The molecule has 6 heteroatoms. The first-order valence-electron chi connectivity index (χ1n) is 5.56. The number of halogens is 3. The standard InChI is InChI=1S/C13H12F3NOS/c14-13(15,16)18-11-3-1-9(2-4-11)7-12(17)10-5-6-19-8-10/h1-6,8,12H,7,17H2. The normalized spacial score (nSPS) is 13.3. The maximum Gasteiger partial charge on any atom is 0.573 e. The van der Waals surface area contributed by atoms with Gasteiger partial charge in [0.25, 0.3) is 0 Å². The van der Waals surface area contributed by atoms with Gasteiger partial charge in [-0.2, -0.15) is 11.3 Å². The first-order valence-corrected chi connectivity index (χ1v) is 6.51. The summed E-state index contributed by atoms with van der Waals surface area (Å²) in [6.07, 6.45) is -4.09. The second kappa shape index (κ2) is 5.63. The van der Waals surface area contributed by atoms with E-state index in [1.165, 1.54) is 12.1 Å². The predicted octanol–water partition coefficient (Wildman–Crippen LogP) is 3.89. The molecular formula is C13H12F3NOS. The molecule has 1 aromatic heterocycles. The van der Waals surface area contributed by atoms with Gasteiger partial charge in [-0.1, -0.05) is 12.1 Å². The Morgan fingerprint density at radius 2 is 1.84 bits per heavy atom. The smallest absolute Gasteiger partial charge is 0.406 e. The van der Waals surface area contributed by atoms with Gasteiger partial charge >= 0.3 is 6.36 Å². The third-order valence-corrected chi connectivity index (χ3v) is 3.29. The number of rotatable bonds is 4. The van der Waals surface area contributed by atoms with E-state index in [-0.39, 0.29) is 11.8 Å². The van der Waals surface area contributed by atoms with Crippen molar-refractivity contribution >= 4 is 11.3 Å². The zero-order valence-electron chi connectivity index (χ0n) is 9.85. The summed E-state index contributed by atoms with van der Waals surface area (Å²) < 4.78 is 39.8. The van der Waals surface area contributed by atoms with E-state index < -0.39 is 6.36 Å². The molecule has 0 aliphatic rings. The summed E-state index contributed by atoms with van der Waals surface area (Å²) in [5.74, 6) is -0.222. The van der Waals surface area contributed by atoms with Gasteiger partial charge in [0.15, 0.2) is 0 Å². The summed E-state index contributed by atoms with van der Waals surface area (Å²) >= 11 is 1.56. The minimum Gasteiger partial charge on any atom is -0.406 e. The lowest BCUT2D eigenvalue weighted by atomic mass is 10.0. The van der Waals surface area contributed by atoms with Gasteiger partial charge in [0.05, 0.1) is 0 Å². The van der Waals surface area contributed by atoms with Gasteiger partial charge < -0.3 is 10.5 Å². The Morgan fingerprint density at radius 1 is 1.16 bits per heavy atom. The number of thiophene rings is 1. The van der Waals surface area contributed by atoms with Crippen molar-refractivity contribution in [1.82, 2.24) is 0 Å². The maximum absolute atomic E-state index is 12.0. The molecule has 0 saturated carbocycles. The molecule has 2 N–H and O–H groups in total. The van der Waals surface area contributed by atoms with Crippen molar-refractivity contribution in [3.63, 3.8) is 0 Å². The fourth-order valence-electron chi connectivity index (χ4n) is 1.68. The first-order chi connectivity index (χ1) is 8.94. The summed E-state index contributed by atoms with van der Waals surface area (Å²) in [5.41, 5.74) is 7.90. The highest BCUT2D eigenvalue weighted by Crippen LogP contribution is 2.24. The molecule has 0 aliphatic carbocycles. The van der Waals surface area contributed by atoms with E-state index in [2.05, 4.69) is 4.74 Å². The molecule has 1 atom stereocenters. The van der Waals surface area contributed by atoms with Crippen LogP contribution >= 0.6 is 11.3 Å². The Labute approximate surface area is 112 Å². The van der Waals surface area contributed by atoms with Crippen LogP contribution in [-0.2, 0) is 6.42 Å². The Kier molecular flexibility index (Phi) is 4.11. The quantitative estimate of drug-likeness (QED) is 0.926. The van der Waals surface area contributed by atoms with Crippen LogP contribution in [0.15, 0.2) is 41.1 Å². The highest BCUT2D eigenvalue weighted by Gasteiger charge is 2.30. The molecule has 0 bridgehead atoms. The van der Waals surface area contributed by atoms with Crippen molar-refractivity contribution < 1.29 is 17.9 Å². The monoisotopic (exact) mass is 287 g/mol. The van der Waals surface area contributed by atoms with Crippen LogP contribution in [0.25, 0.3) is 0 Å². The van der Waals surface area contributed by atoms with Crippen molar-refractivity contribution in [2.45, 2.75) is 18.8 Å². The third-order valence-electron chi connectivity index (χ3n) is 2.58. The number of hydrogen-bond acceptors (Lipinski definition) is 3. The number of hydrogen-bond donors (Lipinski definition) is 1. The van der Waals surface area contributed by atoms with E-state index in [9.17, 15) is 13.2 Å². The molecule has 1 heterocycles. The van der Waals surface area contributed by atoms with Gasteiger partial charge in [0.2, 0.25) is 0 Å². The Balaban J connectivity index is 1.99. The SMILES string of the molecule is NC(Cc1ccc(OC(F)(F)F)cc1)c1ccsc1. The number of alkyl halides is 3. The average molecular weight is 287 g/mol. The second-order valence-electron chi connectivity index (χ2n) is 4.06. The third kappa shape index (κ3) is 4.25. The molecule has 2 aromatic rings. The Bertz CT molecular complexity index is 508. The minimum absolute atomic E-state index is 0.152. The largest absolute Gasteiger partial charge is 0.573 e. The van der Waals surface area contributed by atoms with E-state index in [0.717, 1.165) is 11.1 Å². The fourth-order valence-corrected chi connectivity index (χ4v) is 2.41. The van der Waals surface area contributed by atoms with Crippen LogP contribution in [0.4, 0.5) is 13.2 Å². The predicted molar refractivity (Wildman–Crippen MR) is 68.1 cm³/mol. The summed E-state index contributed by atoms with van der Waals surface area (Å²) in [5, 5.41) is 3.90. The van der Waals surface area contributed by atoms with Gasteiger partial charge in [-0.25, -0.2) is 0 Å². The molecule has 19 heavy (non-hydrogen) atoms. The van der Waals surface area contributed by atoms with Crippen LogP contribution in [0.2, 0.25) is 0 Å². The molecule has 0 fully saturated rings. The molecule has 1 unspecified atom stereocenters. The molecule has 1 aromatic carbocycles. The molecule has 0 radical (unpaired) electrons. The number of ether oxygens (including phenoxy) is 1. The summed E-state index contributed by atoms with van der Waals surface area (Å²) in [6.45, 7) is 0. The van der Waals surface area contributed by atoms with E-state index in [1.807, 2.05) is 16.8 Å². The van der Waals surface area contributed by atoms with E-state index in [0.29, 0.717) is 6.42 Å². The fraction of sp³-hybridized carbons (Fsp3) is 0.231. The van der Waals surface area contributed by atoms with Crippen LogP contribution in [0.3, 0.4) is 0 Å². The van der Waals surface area contributed by atoms with Crippen molar-refractivity contribution in [2.24, 2.45) is 5.73 Å². The Morgan fingerprint density at radius 3 is 2.37 bits per heavy atom. The zero-order valence-corrected chi connectivity index (χ0v) is 10.7. The van der Waals surface area contributed by atoms with Crippen LogP contribution in [0.1, 0.15) is 17.2 Å². The van der Waals surface area contributed by atoms with Crippen LogP contribution in [0.5, 0.6) is 5.75 Å². The van der Waals surface area contributed by atoms with Gasteiger partial charge in [-0.05, 0) is 46.5 Å². The van der Waals surface area contributed by atoms with Crippen molar-refractivity contribution in [3.05, 3.63) is 52.2 Å². The molecule has 102 valence electrons. The van der Waals surface area contributed by atoms with Gasteiger partial charge in [0, 0.05) is 6.04 Å². The lowest BCUT2D eigenvalue weighted by Crippen LogP contribution is -2.17. The van der Waals surface area contributed by atoms with Crippen molar-refractivity contribution in [1.29, 1.82) is 0 Å². The molecule has 0 spiro atoms. The van der Waals surface area contributed by atoms with Crippen LogP contribution < -0.4 is 10.5 Å². The van der Waals surface area contributed by atoms with Crippen LogP contribution in [0, 0.1) is 0 Å². The van der Waals surface area contributed by atoms with E-state index >= 15 is 0 Å². The van der Waals surface area contributed by atoms with Gasteiger partial charge in [0.1, 0.15) is 5.75 Å². The van der Waals surface area contributed by atoms with E-state index in [1.54, 1.807) is 23.5 Å². The molecule has 0 aliphatic heterocycles.